The first-order valence-corrected chi connectivity index (χ1v) is 20.8. The molecule has 0 bridgehead atoms. The third-order valence-corrected chi connectivity index (χ3v) is 16.7. The standard InChI is InChI=1S/C38H63NO7Si/c1-29(26-32-27-39(35(5,6)46-32)33(41)42-28-30-15-12-11-13-16-30)25-31(40)17-20-37(8)36(7,18-14-19-38(37)43-23-24-44-38)21-22-45-47(9,10)34(2,3)4/h11-13,15-16,29,32H,14,17-28H2,1-10H3/t29-,32-,36-,37+/m1/s1. The van der Waals surface area contributed by atoms with E-state index < -0.39 is 19.8 Å². The van der Waals surface area contributed by atoms with Gasteiger partial charge >= 0.3 is 6.09 Å². The normalized spacial score (nSPS) is 28.0. The molecule has 8 nitrogen and oxygen atoms in total. The lowest BCUT2D eigenvalue weighted by atomic mass is 9.51. The Morgan fingerprint density at radius 3 is 2.32 bits per heavy atom. The first-order valence-electron chi connectivity index (χ1n) is 17.9. The molecule has 1 saturated carbocycles. The maximum atomic E-state index is 13.6. The quantitative estimate of drug-likeness (QED) is 0.193. The van der Waals surface area contributed by atoms with Crippen LogP contribution in [0.15, 0.2) is 30.3 Å². The van der Waals surface area contributed by atoms with E-state index in [0.29, 0.717) is 39.0 Å². The van der Waals surface area contributed by atoms with Crippen LogP contribution in [0, 0.1) is 16.7 Å². The van der Waals surface area contributed by atoms with Gasteiger partial charge in [-0.1, -0.05) is 71.9 Å². The molecule has 47 heavy (non-hydrogen) atoms. The SMILES string of the molecule is C[C@H](CC(=O)CC[C@]1(C)C2(CCC[C@]1(C)CCO[Si](C)(C)C(C)(C)C)OCCO2)C[C@@H]1CN(C(=O)OCc2ccccc2)C(C)(C)O1. The number of nitrogens with zero attached hydrogens (tertiary/aromatic N) is 1. The van der Waals surface area contributed by atoms with Crippen molar-refractivity contribution in [2.75, 3.05) is 26.4 Å². The highest BCUT2D eigenvalue weighted by molar-refractivity contribution is 6.74. The summed E-state index contributed by atoms with van der Waals surface area (Å²) in [6.45, 7) is 24.7. The van der Waals surface area contributed by atoms with E-state index in [0.717, 1.165) is 44.3 Å². The highest BCUT2D eigenvalue weighted by Crippen LogP contribution is 2.62. The van der Waals surface area contributed by atoms with Crippen LogP contribution in [-0.4, -0.2) is 69.1 Å². The van der Waals surface area contributed by atoms with Gasteiger partial charge in [-0.05, 0) is 81.0 Å². The van der Waals surface area contributed by atoms with Crippen molar-refractivity contribution in [2.24, 2.45) is 16.7 Å². The van der Waals surface area contributed by atoms with Crippen molar-refractivity contribution in [3.63, 3.8) is 0 Å². The smallest absolute Gasteiger partial charge is 0.412 e. The monoisotopic (exact) mass is 673 g/mol. The molecule has 1 aromatic carbocycles. The molecule has 1 spiro atoms. The van der Waals surface area contributed by atoms with Gasteiger partial charge in [-0.2, -0.15) is 0 Å². The van der Waals surface area contributed by atoms with Gasteiger partial charge in [0.1, 0.15) is 18.1 Å². The highest BCUT2D eigenvalue weighted by atomic mass is 28.4. The molecule has 3 aliphatic rings. The second-order valence-electron chi connectivity index (χ2n) is 17.0. The molecule has 4 rings (SSSR count). The van der Waals surface area contributed by atoms with E-state index in [1.54, 1.807) is 4.90 Å². The Morgan fingerprint density at radius 1 is 1.02 bits per heavy atom. The molecule has 0 radical (unpaired) electrons. The molecule has 1 aromatic rings. The number of benzene rings is 1. The predicted molar refractivity (Wildman–Crippen MR) is 187 cm³/mol. The van der Waals surface area contributed by atoms with Crippen LogP contribution in [0.25, 0.3) is 0 Å². The number of ether oxygens (including phenoxy) is 4. The topological polar surface area (TPSA) is 83.5 Å². The molecule has 0 unspecified atom stereocenters. The van der Waals surface area contributed by atoms with Gasteiger partial charge in [0.05, 0.1) is 25.9 Å². The van der Waals surface area contributed by atoms with Crippen molar-refractivity contribution in [3.05, 3.63) is 35.9 Å². The molecular formula is C38H63NO7Si. The Morgan fingerprint density at radius 2 is 1.68 bits per heavy atom. The van der Waals surface area contributed by atoms with Crippen molar-refractivity contribution in [1.29, 1.82) is 0 Å². The zero-order valence-corrected chi connectivity index (χ0v) is 32.0. The first kappa shape index (κ1) is 38.0. The molecule has 3 fully saturated rings. The van der Waals surface area contributed by atoms with Crippen LogP contribution in [0.1, 0.15) is 112 Å². The molecule has 0 aromatic heterocycles. The number of ketones is 1. The van der Waals surface area contributed by atoms with E-state index >= 15 is 0 Å². The van der Waals surface area contributed by atoms with Gasteiger partial charge in [-0.15, -0.1) is 0 Å². The van der Waals surface area contributed by atoms with Crippen LogP contribution in [0.5, 0.6) is 0 Å². The van der Waals surface area contributed by atoms with Crippen LogP contribution in [0.3, 0.4) is 0 Å². The lowest BCUT2D eigenvalue weighted by Gasteiger charge is -2.59. The summed E-state index contributed by atoms with van der Waals surface area (Å²) >= 11 is 0. The van der Waals surface area contributed by atoms with Gasteiger partial charge in [0.25, 0.3) is 0 Å². The van der Waals surface area contributed by atoms with Crippen molar-refractivity contribution in [3.8, 4) is 0 Å². The summed E-state index contributed by atoms with van der Waals surface area (Å²) in [4.78, 5) is 28.2. The van der Waals surface area contributed by atoms with Crippen LogP contribution in [-0.2, 0) is 34.8 Å². The van der Waals surface area contributed by atoms with Crippen molar-refractivity contribution in [1.82, 2.24) is 4.90 Å². The Bertz CT molecular complexity index is 1210. The number of hydrogen-bond acceptors (Lipinski definition) is 7. The average Bonchev–Trinajstić information content (AvgIpc) is 3.57. The first-order chi connectivity index (χ1) is 21.8. The molecule has 266 valence electrons. The van der Waals surface area contributed by atoms with Gasteiger partial charge in [0.2, 0.25) is 0 Å². The molecule has 2 aliphatic heterocycles. The maximum absolute atomic E-state index is 13.6. The molecule has 1 amide bonds. The van der Waals surface area contributed by atoms with Gasteiger partial charge in [0.15, 0.2) is 14.1 Å². The molecular weight excluding hydrogens is 611 g/mol. The summed E-state index contributed by atoms with van der Waals surface area (Å²) in [5.41, 5.74) is -0.220. The fourth-order valence-corrected chi connectivity index (χ4v) is 8.89. The van der Waals surface area contributed by atoms with Gasteiger partial charge in [-0.3, -0.25) is 9.69 Å². The minimum atomic E-state index is -1.87. The van der Waals surface area contributed by atoms with Gasteiger partial charge in [-0.25, -0.2) is 4.79 Å². The molecule has 2 saturated heterocycles. The summed E-state index contributed by atoms with van der Waals surface area (Å²) in [6.07, 6.45) is 5.78. The van der Waals surface area contributed by atoms with E-state index in [1.165, 1.54) is 0 Å². The fraction of sp³-hybridized carbons (Fsp3) is 0.789. The molecule has 0 N–H and O–H groups in total. The summed E-state index contributed by atoms with van der Waals surface area (Å²) in [6, 6.07) is 9.68. The number of carbonyl (C=O) groups is 2. The van der Waals surface area contributed by atoms with Crippen LogP contribution in [0.4, 0.5) is 4.79 Å². The van der Waals surface area contributed by atoms with Crippen molar-refractivity contribution in [2.45, 2.75) is 149 Å². The van der Waals surface area contributed by atoms with Crippen LogP contribution >= 0.6 is 0 Å². The second kappa shape index (κ2) is 14.6. The van der Waals surface area contributed by atoms with E-state index in [-0.39, 0.29) is 46.4 Å². The lowest BCUT2D eigenvalue weighted by molar-refractivity contribution is -0.292. The number of hydrogen-bond donors (Lipinski definition) is 0. The van der Waals surface area contributed by atoms with Crippen molar-refractivity contribution < 1.29 is 33.0 Å². The summed E-state index contributed by atoms with van der Waals surface area (Å²) in [5, 5.41) is 0.162. The van der Waals surface area contributed by atoms with E-state index in [4.69, 9.17) is 23.4 Å². The third kappa shape index (κ3) is 8.51. The Balaban J connectivity index is 1.33. The highest BCUT2D eigenvalue weighted by Gasteiger charge is 2.63. The maximum Gasteiger partial charge on any atom is 0.412 e. The number of amides is 1. The van der Waals surface area contributed by atoms with E-state index in [9.17, 15) is 9.59 Å². The van der Waals surface area contributed by atoms with E-state index in [1.807, 2.05) is 44.2 Å². The molecule has 4 atom stereocenters. The Labute approximate surface area is 285 Å². The molecule has 1 aliphatic carbocycles. The largest absolute Gasteiger partial charge is 0.444 e. The zero-order chi connectivity index (χ0) is 34.7. The predicted octanol–water partition coefficient (Wildman–Crippen LogP) is 8.88. The van der Waals surface area contributed by atoms with E-state index in [2.05, 4.69) is 54.6 Å². The zero-order valence-electron chi connectivity index (χ0n) is 31.0. The lowest BCUT2D eigenvalue weighted by Crippen LogP contribution is -2.59. The second-order valence-corrected chi connectivity index (χ2v) is 21.8. The molecule has 9 heteroatoms. The number of carbonyl (C=O) groups excluding carboxylic acids is 2. The summed E-state index contributed by atoms with van der Waals surface area (Å²) < 4.78 is 31.5. The third-order valence-electron chi connectivity index (χ3n) is 12.1. The van der Waals surface area contributed by atoms with Gasteiger partial charge < -0.3 is 23.4 Å². The fourth-order valence-electron chi connectivity index (χ4n) is 7.84. The minimum Gasteiger partial charge on any atom is -0.444 e. The number of rotatable bonds is 13. The summed E-state index contributed by atoms with van der Waals surface area (Å²) in [7, 11) is -1.87. The summed E-state index contributed by atoms with van der Waals surface area (Å²) in [5.74, 6) is -0.265. The van der Waals surface area contributed by atoms with Crippen LogP contribution < -0.4 is 0 Å². The number of Topliss-reactive ketones (excluding diaryl/α,β-unsaturated/α-hetero) is 1. The van der Waals surface area contributed by atoms with Crippen molar-refractivity contribution >= 4 is 20.2 Å². The average molecular weight is 674 g/mol. The van der Waals surface area contributed by atoms with Crippen LogP contribution in [0.2, 0.25) is 18.1 Å². The molecule has 2 heterocycles. The Kier molecular flexibility index (Phi) is 11.8. The van der Waals surface area contributed by atoms with Gasteiger partial charge in [0, 0.05) is 31.3 Å². The Hall–Kier alpha value is -1.78. The minimum absolute atomic E-state index is 0.0777.